The van der Waals surface area contributed by atoms with Gasteiger partial charge in [0.05, 0.1) is 0 Å². The van der Waals surface area contributed by atoms with Crippen LogP contribution in [-0.4, -0.2) is 45.5 Å². The summed E-state index contributed by atoms with van der Waals surface area (Å²) in [7, 11) is 0. The first-order valence-corrected chi connectivity index (χ1v) is 10.3. The van der Waals surface area contributed by atoms with Crippen LogP contribution in [0, 0.1) is 5.82 Å². The first-order valence-electron chi connectivity index (χ1n) is 10.3. The lowest BCUT2D eigenvalue weighted by Gasteiger charge is -2.20. The van der Waals surface area contributed by atoms with Gasteiger partial charge in [-0.25, -0.2) is 14.0 Å². The number of aliphatic carboxylic acids is 1. The maximum Gasteiger partial charge on any atom is 0.326 e. The second-order valence-corrected chi connectivity index (χ2v) is 7.59. The molecule has 33 heavy (non-hydrogen) atoms. The summed E-state index contributed by atoms with van der Waals surface area (Å²) >= 11 is 0. The third kappa shape index (κ3) is 5.15. The predicted molar refractivity (Wildman–Crippen MR) is 120 cm³/mol. The molecule has 0 saturated carbocycles. The lowest BCUT2D eigenvalue weighted by Crippen LogP contribution is -2.40. The molecule has 1 aliphatic rings. The van der Waals surface area contributed by atoms with E-state index in [0.29, 0.717) is 30.8 Å². The standard InChI is InChI=1S/C24H21FN4O4/c25-17-3-1-4-19(13-17)28-24(33)27-18-9-6-15(7-10-18)16-8-11-20(26-14-16)22(30)29-12-2-5-21(29)23(31)32/h1,3-4,6-11,13-14,21H,2,5,12H2,(H,31,32)(H2,27,28,33)/t21-/m0/s1. The van der Waals surface area contributed by atoms with E-state index in [0.717, 1.165) is 11.1 Å². The molecule has 0 spiro atoms. The van der Waals surface area contributed by atoms with E-state index in [4.69, 9.17) is 0 Å². The Kier molecular flexibility index (Phi) is 6.30. The Bertz CT molecular complexity index is 1180. The summed E-state index contributed by atoms with van der Waals surface area (Å²) < 4.78 is 13.2. The number of pyridine rings is 1. The van der Waals surface area contributed by atoms with Crippen LogP contribution in [0.3, 0.4) is 0 Å². The molecule has 168 valence electrons. The number of urea groups is 1. The molecule has 4 rings (SSSR count). The highest BCUT2D eigenvalue weighted by Gasteiger charge is 2.34. The molecule has 9 heteroatoms. The molecule has 1 aliphatic heterocycles. The first kappa shape index (κ1) is 21.9. The van der Waals surface area contributed by atoms with E-state index in [2.05, 4.69) is 15.6 Å². The van der Waals surface area contributed by atoms with Crippen LogP contribution < -0.4 is 10.6 Å². The number of halogens is 1. The summed E-state index contributed by atoms with van der Waals surface area (Å²) in [6, 6.07) is 14.6. The maximum absolute atomic E-state index is 13.2. The van der Waals surface area contributed by atoms with Crippen molar-refractivity contribution in [1.29, 1.82) is 0 Å². The number of carboxylic acids is 1. The van der Waals surface area contributed by atoms with Gasteiger partial charge >= 0.3 is 12.0 Å². The topological polar surface area (TPSA) is 112 Å². The minimum Gasteiger partial charge on any atom is -0.480 e. The zero-order valence-corrected chi connectivity index (χ0v) is 17.5. The second-order valence-electron chi connectivity index (χ2n) is 7.59. The van der Waals surface area contributed by atoms with Gasteiger partial charge in [0.25, 0.3) is 5.91 Å². The fourth-order valence-corrected chi connectivity index (χ4v) is 3.71. The van der Waals surface area contributed by atoms with Crippen LogP contribution >= 0.6 is 0 Å². The minimum atomic E-state index is -1.00. The Hall–Kier alpha value is -4.27. The number of aromatic nitrogens is 1. The van der Waals surface area contributed by atoms with E-state index in [1.165, 1.54) is 23.1 Å². The minimum absolute atomic E-state index is 0.194. The third-order valence-corrected chi connectivity index (χ3v) is 5.34. The summed E-state index contributed by atoms with van der Waals surface area (Å²) in [6.45, 7) is 0.403. The number of hydrogen-bond donors (Lipinski definition) is 3. The number of carbonyl (C=O) groups excluding carboxylic acids is 2. The lowest BCUT2D eigenvalue weighted by molar-refractivity contribution is -0.141. The van der Waals surface area contributed by atoms with Crippen molar-refractivity contribution in [2.24, 2.45) is 0 Å². The zero-order chi connectivity index (χ0) is 23.4. The van der Waals surface area contributed by atoms with Crippen LogP contribution in [0.2, 0.25) is 0 Å². The van der Waals surface area contributed by atoms with E-state index in [9.17, 15) is 23.9 Å². The van der Waals surface area contributed by atoms with Crippen molar-refractivity contribution in [1.82, 2.24) is 9.88 Å². The number of amides is 3. The highest BCUT2D eigenvalue weighted by Crippen LogP contribution is 2.23. The Morgan fingerprint density at radius 1 is 0.970 bits per heavy atom. The molecular formula is C24H21FN4O4. The average Bonchev–Trinajstić information content (AvgIpc) is 3.30. The number of anilines is 2. The number of benzene rings is 2. The van der Waals surface area contributed by atoms with Crippen molar-refractivity contribution in [3.8, 4) is 11.1 Å². The van der Waals surface area contributed by atoms with Gasteiger partial charge < -0.3 is 20.6 Å². The number of nitrogens with zero attached hydrogens (tertiary/aromatic N) is 2. The molecule has 1 aromatic heterocycles. The molecule has 0 radical (unpaired) electrons. The molecule has 3 N–H and O–H groups in total. The number of carbonyl (C=O) groups is 3. The molecule has 1 atom stereocenters. The van der Waals surface area contributed by atoms with Crippen LogP contribution in [-0.2, 0) is 4.79 Å². The fourth-order valence-electron chi connectivity index (χ4n) is 3.71. The number of nitrogens with one attached hydrogen (secondary N) is 2. The van der Waals surface area contributed by atoms with Gasteiger partial charge in [-0.15, -0.1) is 0 Å². The molecule has 0 unspecified atom stereocenters. The van der Waals surface area contributed by atoms with Gasteiger partial charge in [0.15, 0.2) is 0 Å². The van der Waals surface area contributed by atoms with Gasteiger partial charge in [0.1, 0.15) is 17.6 Å². The largest absolute Gasteiger partial charge is 0.480 e. The van der Waals surface area contributed by atoms with E-state index in [-0.39, 0.29) is 5.69 Å². The molecule has 2 aromatic carbocycles. The maximum atomic E-state index is 13.2. The number of carboxylic acid groups (broad SMARTS) is 1. The Morgan fingerprint density at radius 2 is 1.70 bits per heavy atom. The Labute approximate surface area is 189 Å². The molecule has 8 nitrogen and oxygen atoms in total. The number of likely N-dealkylation sites (tertiary alicyclic amines) is 1. The van der Waals surface area contributed by atoms with E-state index in [1.54, 1.807) is 48.7 Å². The van der Waals surface area contributed by atoms with E-state index in [1.807, 2.05) is 0 Å². The zero-order valence-electron chi connectivity index (χ0n) is 17.5. The van der Waals surface area contributed by atoms with Crippen molar-refractivity contribution >= 4 is 29.3 Å². The van der Waals surface area contributed by atoms with Crippen LogP contribution in [0.5, 0.6) is 0 Å². The number of rotatable bonds is 5. The van der Waals surface area contributed by atoms with Gasteiger partial charge in [-0.2, -0.15) is 0 Å². The summed E-state index contributed by atoms with van der Waals surface area (Å²) in [5.41, 5.74) is 2.66. The summed E-state index contributed by atoms with van der Waals surface area (Å²) in [5.74, 6) is -1.84. The van der Waals surface area contributed by atoms with Crippen molar-refractivity contribution in [2.45, 2.75) is 18.9 Å². The van der Waals surface area contributed by atoms with Crippen molar-refractivity contribution in [3.05, 3.63) is 78.4 Å². The molecule has 3 amide bonds. The molecule has 0 bridgehead atoms. The predicted octanol–water partition coefficient (Wildman–Crippen LogP) is 4.22. The van der Waals surface area contributed by atoms with Crippen LogP contribution in [0.25, 0.3) is 11.1 Å². The highest BCUT2D eigenvalue weighted by atomic mass is 19.1. The smallest absolute Gasteiger partial charge is 0.326 e. The van der Waals surface area contributed by atoms with Crippen LogP contribution in [0.15, 0.2) is 66.9 Å². The van der Waals surface area contributed by atoms with Crippen molar-refractivity contribution in [2.75, 3.05) is 17.2 Å². The average molecular weight is 448 g/mol. The van der Waals surface area contributed by atoms with Crippen molar-refractivity contribution < 1.29 is 23.9 Å². The summed E-state index contributed by atoms with van der Waals surface area (Å²) in [5, 5.41) is 14.5. The molecule has 1 fully saturated rings. The van der Waals surface area contributed by atoms with Crippen LogP contribution in [0.4, 0.5) is 20.6 Å². The molecule has 1 saturated heterocycles. The third-order valence-electron chi connectivity index (χ3n) is 5.34. The van der Waals surface area contributed by atoms with Gasteiger partial charge in [0, 0.05) is 29.7 Å². The van der Waals surface area contributed by atoms with Crippen molar-refractivity contribution in [3.63, 3.8) is 0 Å². The monoisotopic (exact) mass is 448 g/mol. The molecule has 3 aromatic rings. The Morgan fingerprint density at radius 3 is 2.36 bits per heavy atom. The van der Waals surface area contributed by atoms with E-state index >= 15 is 0 Å². The fraction of sp³-hybridized carbons (Fsp3) is 0.167. The molecule has 2 heterocycles. The van der Waals surface area contributed by atoms with E-state index < -0.39 is 29.8 Å². The normalized spacial score (nSPS) is 15.2. The number of hydrogen-bond acceptors (Lipinski definition) is 4. The Balaban J connectivity index is 1.39. The van der Waals surface area contributed by atoms with Gasteiger partial charge in [0.2, 0.25) is 0 Å². The van der Waals surface area contributed by atoms with Gasteiger partial charge in [-0.1, -0.05) is 24.3 Å². The summed E-state index contributed by atoms with van der Waals surface area (Å²) in [4.78, 5) is 41.6. The SMILES string of the molecule is O=C(Nc1ccc(-c2ccc(C(=O)N3CCC[C@H]3C(=O)O)nc2)cc1)Nc1cccc(F)c1. The lowest BCUT2D eigenvalue weighted by atomic mass is 10.1. The molecular weight excluding hydrogens is 427 g/mol. The quantitative estimate of drug-likeness (QED) is 0.541. The summed E-state index contributed by atoms with van der Waals surface area (Å²) in [6.07, 6.45) is 2.65. The first-order chi connectivity index (χ1) is 15.9. The van der Waals surface area contributed by atoms with Crippen LogP contribution in [0.1, 0.15) is 23.3 Å². The van der Waals surface area contributed by atoms with Gasteiger partial charge in [-0.05, 0) is 54.8 Å². The highest BCUT2D eigenvalue weighted by molar-refractivity contribution is 6.00. The second kappa shape index (κ2) is 9.47. The molecule has 0 aliphatic carbocycles. The van der Waals surface area contributed by atoms with Gasteiger partial charge in [-0.3, -0.25) is 9.78 Å².